The molecule has 1 N–H and O–H groups in total. The molecule has 0 aliphatic carbocycles. The highest BCUT2D eigenvalue weighted by Crippen LogP contribution is 2.29. The topological polar surface area (TPSA) is 67.2 Å². The Morgan fingerprint density at radius 2 is 1.92 bits per heavy atom. The summed E-state index contributed by atoms with van der Waals surface area (Å²) in [5, 5.41) is 4.15. The van der Waals surface area contributed by atoms with E-state index in [9.17, 15) is 18.0 Å². The molecule has 1 aromatic heterocycles. The fourth-order valence-electron chi connectivity index (χ4n) is 1.89. The van der Waals surface area contributed by atoms with Crippen molar-refractivity contribution in [3.63, 3.8) is 0 Å². The van der Waals surface area contributed by atoms with Gasteiger partial charge in [-0.15, -0.1) is 0 Å². The van der Waals surface area contributed by atoms with Crippen LogP contribution in [0, 0.1) is 13.8 Å². The first kappa shape index (κ1) is 18.9. The summed E-state index contributed by atoms with van der Waals surface area (Å²) in [5.74, 6) is -0.362. The predicted molar refractivity (Wildman–Crippen MR) is 89.4 cm³/mol. The van der Waals surface area contributed by atoms with Gasteiger partial charge in [0.15, 0.2) is 5.16 Å². The molecule has 0 aliphatic rings. The molecule has 1 aromatic carbocycles. The molecule has 132 valence electrons. The number of aromatic nitrogens is 2. The Kier molecular flexibility index (Phi) is 6.13. The van der Waals surface area contributed by atoms with Gasteiger partial charge in [0.05, 0.1) is 17.5 Å². The third kappa shape index (κ3) is 6.18. The lowest BCUT2D eigenvalue weighted by molar-refractivity contribution is -0.137. The van der Waals surface area contributed by atoms with Gasteiger partial charge >= 0.3 is 6.18 Å². The standard InChI is InChI=1S/C16H15F3N4OS/c1-10-6-11(2)22-15(21-10)25-9-14(24)23-20-8-12-4-3-5-13(7-12)16(17,18)19/h3-8H,9H2,1-2H3,(H,23,24)/b20-8+. The van der Waals surface area contributed by atoms with Gasteiger partial charge in [-0.3, -0.25) is 4.79 Å². The molecule has 5 nitrogen and oxygen atoms in total. The van der Waals surface area contributed by atoms with Gasteiger partial charge < -0.3 is 0 Å². The summed E-state index contributed by atoms with van der Waals surface area (Å²) in [6.45, 7) is 3.66. The largest absolute Gasteiger partial charge is 0.416 e. The van der Waals surface area contributed by atoms with Gasteiger partial charge in [0, 0.05) is 11.4 Å². The van der Waals surface area contributed by atoms with Gasteiger partial charge in [-0.25, -0.2) is 15.4 Å². The molecule has 0 saturated heterocycles. The molecule has 0 unspecified atom stereocenters. The fourth-order valence-corrected chi connectivity index (χ4v) is 2.64. The summed E-state index contributed by atoms with van der Waals surface area (Å²) >= 11 is 1.15. The van der Waals surface area contributed by atoms with E-state index >= 15 is 0 Å². The molecule has 0 saturated carbocycles. The minimum atomic E-state index is -4.42. The molecule has 2 rings (SSSR count). The van der Waals surface area contributed by atoms with E-state index in [1.807, 2.05) is 19.9 Å². The highest BCUT2D eigenvalue weighted by molar-refractivity contribution is 7.99. The van der Waals surface area contributed by atoms with Crippen molar-refractivity contribution in [2.45, 2.75) is 25.2 Å². The van der Waals surface area contributed by atoms with E-state index in [0.29, 0.717) is 5.16 Å². The van der Waals surface area contributed by atoms with Crippen molar-refractivity contribution in [3.05, 3.63) is 52.8 Å². The normalized spacial score (nSPS) is 11.7. The SMILES string of the molecule is Cc1cc(C)nc(SCC(=O)N/N=C/c2cccc(C(F)(F)F)c2)n1. The van der Waals surface area contributed by atoms with Crippen LogP contribution in [0.4, 0.5) is 13.2 Å². The number of rotatable bonds is 5. The van der Waals surface area contributed by atoms with E-state index < -0.39 is 17.6 Å². The van der Waals surface area contributed by atoms with E-state index in [1.165, 1.54) is 12.1 Å². The number of aryl methyl sites for hydroxylation is 2. The molecule has 25 heavy (non-hydrogen) atoms. The average Bonchev–Trinajstić information content (AvgIpc) is 2.51. The quantitative estimate of drug-likeness (QED) is 0.380. The molecular formula is C16H15F3N4OS. The maximum absolute atomic E-state index is 12.6. The second kappa shape index (κ2) is 8.11. The van der Waals surface area contributed by atoms with Gasteiger partial charge in [-0.05, 0) is 37.6 Å². The lowest BCUT2D eigenvalue weighted by Crippen LogP contribution is -2.19. The highest BCUT2D eigenvalue weighted by atomic mass is 32.2. The van der Waals surface area contributed by atoms with Crippen LogP contribution in [0.5, 0.6) is 0 Å². The number of amides is 1. The van der Waals surface area contributed by atoms with Gasteiger partial charge in [0.25, 0.3) is 5.91 Å². The molecule has 0 atom stereocenters. The fraction of sp³-hybridized carbons (Fsp3) is 0.250. The third-order valence-electron chi connectivity index (χ3n) is 2.91. The third-order valence-corrected chi connectivity index (χ3v) is 3.76. The van der Waals surface area contributed by atoms with Crippen LogP contribution >= 0.6 is 11.8 Å². The number of carbonyl (C=O) groups is 1. The molecule has 0 bridgehead atoms. The Morgan fingerprint density at radius 1 is 1.24 bits per heavy atom. The van der Waals surface area contributed by atoms with Crippen molar-refractivity contribution in [2.24, 2.45) is 5.10 Å². The molecule has 1 heterocycles. The lowest BCUT2D eigenvalue weighted by atomic mass is 10.1. The van der Waals surface area contributed by atoms with Crippen molar-refractivity contribution in [2.75, 3.05) is 5.75 Å². The Bertz CT molecular complexity index is 773. The molecule has 2 aromatic rings. The first-order valence-corrected chi connectivity index (χ1v) is 8.17. The molecule has 1 amide bonds. The van der Waals surface area contributed by atoms with Crippen LogP contribution in [-0.4, -0.2) is 27.8 Å². The van der Waals surface area contributed by atoms with Crippen LogP contribution in [0.25, 0.3) is 0 Å². The number of nitrogens with zero attached hydrogens (tertiary/aromatic N) is 3. The van der Waals surface area contributed by atoms with Crippen molar-refractivity contribution in [1.82, 2.24) is 15.4 Å². The number of halogens is 3. The zero-order valence-electron chi connectivity index (χ0n) is 13.5. The number of hydrazone groups is 1. The molecule has 9 heteroatoms. The first-order valence-electron chi connectivity index (χ1n) is 7.18. The zero-order chi connectivity index (χ0) is 18.4. The minimum Gasteiger partial charge on any atom is -0.272 e. The van der Waals surface area contributed by atoms with E-state index in [1.54, 1.807) is 0 Å². The number of hydrogen-bond donors (Lipinski definition) is 1. The minimum absolute atomic E-state index is 0.0445. The lowest BCUT2D eigenvalue weighted by Gasteiger charge is -2.06. The van der Waals surface area contributed by atoms with Crippen molar-refractivity contribution >= 4 is 23.9 Å². The van der Waals surface area contributed by atoms with Gasteiger partial charge in [-0.2, -0.15) is 18.3 Å². The summed E-state index contributed by atoms with van der Waals surface area (Å²) in [7, 11) is 0. The predicted octanol–water partition coefficient (Wildman–Crippen LogP) is 3.35. The van der Waals surface area contributed by atoms with E-state index in [0.717, 1.165) is 41.5 Å². The Morgan fingerprint density at radius 3 is 2.56 bits per heavy atom. The number of carbonyl (C=O) groups excluding carboxylic acids is 1. The van der Waals surface area contributed by atoms with Gasteiger partial charge in [0.2, 0.25) is 0 Å². The molecule has 0 radical (unpaired) electrons. The summed E-state index contributed by atoms with van der Waals surface area (Å²) in [4.78, 5) is 20.1. The average molecular weight is 368 g/mol. The van der Waals surface area contributed by atoms with Crippen LogP contribution in [0.2, 0.25) is 0 Å². The molecule has 0 spiro atoms. The van der Waals surface area contributed by atoms with E-state index in [4.69, 9.17) is 0 Å². The number of benzene rings is 1. The maximum Gasteiger partial charge on any atom is 0.416 e. The van der Waals surface area contributed by atoms with Crippen LogP contribution in [0.1, 0.15) is 22.5 Å². The number of nitrogens with one attached hydrogen (secondary N) is 1. The second-order valence-electron chi connectivity index (χ2n) is 5.14. The maximum atomic E-state index is 12.6. The van der Waals surface area contributed by atoms with Crippen molar-refractivity contribution in [1.29, 1.82) is 0 Å². The van der Waals surface area contributed by atoms with Gasteiger partial charge in [0.1, 0.15) is 0 Å². The van der Waals surface area contributed by atoms with E-state index in [2.05, 4.69) is 20.5 Å². The Labute approximate surface area is 146 Å². The van der Waals surface area contributed by atoms with Crippen LogP contribution in [0.15, 0.2) is 40.6 Å². The summed E-state index contributed by atoms with van der Waals surface area (Å²) in [6.07, 6.45) is -3.26. The summed E-state index contributed by atoms with van der Waals surface area (Å²) in [6, 6.07) is 6.48. The van der Waals surface area contributed by atoms with Gasteiger partial charge in [-0.1, -0.05) is 23.9 Å². The number of alkyl halides is 3. The second-order valence-corrected chi connectivity index (χ2v) is 6.08. The Balaban J connectivity index is 1.88. The number of thioether (sulfide) groups is 1. The van der Waals surface area contributed by atoms with Crippen LogP contribution < -0.4 is 5.43 Å². The van der Waals surface area contributed by atoms with E-state index in [-0.39, 0.29) is 11.3 Å². The molecular weight excluding hydrogens is 353 g/mol. The van der Waals surface area contributed by atoms with Crippen molar-refractivity contribution < 1.29 is 18.0 Å². The van der Waals surface area contributed by atoms with Crippen molar-refractivity contribution in [3.8, 4) is 0 Å². The summed E-state index contributed by atoms with van der Waals surface area (Å²) in [5.41, 5.74) is 3.33. The molecule has 0 aliphatic heterocycles. The summed E-state index contributed by atoms with van der Waals surface area (Å²) < 4.78 is 37.8. The Hall–Kier alpha value is -2.42. The smallest absolute Gasteiger partial charge is 0.272 e. The monoisotopic (exact) mass is 368 g/mol. The zero-order valence-corrected chi connectivity index (χ0v) is 14.3. The molecule has 0 fully saturated rings. The van der Waals surface area contributed by atoms with Crippen LogP contribution in [0.3, 0.4) is 0 Å². The number of hydrogen-bond acceptors (Lipinski definition) is 5. The first-order chi connectivity index (χ1) is 11.7. The highest BCUT2D eigenvalue weighted by Gasteiger charge is 2.30. The van der Waals surface area contributed by atoms with Crippen LogP contribution in [-0.2, 0) is 11.0 Å².